The lowest BCUT2D eigenvalue weighted by Gasteiger charge is -2.40. The molecular formula is C22H27FN2O6S. The number of hydrogen-bond donors (Lipinski definition) is 2. The maximum absolute atomic E-state index is 13.4. The van der Waals surface area contributed by atoms with Gasteiger partial charge in [0, 0.05) is 5.69 Å². The van der Waals surface area contributed by atoms with E-state index in [2.05, 4.69) is 5.32 Å². The predicted molar refractivity (Wildman–Crippen MR) is 118 cm³/mol. The largest absolute Gasteiger partial charge is 0.483 e. The lowest BCUT2D eigenvalue weighted by atomic mass is 10.0. The van der Waals surface area contributed by atoms with Crippen LogP contribution in [0.25, 0.3) is 0 Å². The van der Waals surface area contributed by atoms with Crippen molar-refractivity contribution >= 4 is 27.5 Å². The number of benzene rings is 2. The molecule has 2 N–H and O–H groups in total. The van der Waals surface area contributed by atoms with E-state index in [1.54, 1.807) is 20.8 Å². The molecule has 2 aromatic rings. The molecule has 2 aromatic carbocycles. The normalized spacial score (nSPS) is 16.7. The fraction of sp³-hybridized carbons (Fsp3) is 0.409. The van der Waals surface area contributed by atoms with Crippen LogP contribution in [0.3, 0.4) is 0 Å². The molecule has 32 heavy (non-hydrogen) atoms. The molecule has 0 saturated carbocycles. The molecule has 1 heterocycles. The molecule has 10 heteroatoms. The standard InChI is InChI=1S/C22H27FN2O6S/c1-21(2,3)31-20(26)24-15-8-11-18-17(12-15)25(13-19(30-18)22(4,5)27)32(28,29)16-9-6-14(23)7-10-16/h6-12,19,27H,13H2,1-5H3,(H,24,26). The first-order valence-electron chi connectivity index (χ1n) is 9.98. The topological polar surface area (TPSA) is 105 Å². The fourth-order valence-electron chi connectivity index (χ4n) is 3.08. The third-order valence-corrected chi connectivity index (χ3v) is 6.46. The number of carbonyl (C=O) groups is 1. The minimum atomic E-state index is -4.13. The second-order valence-electron chi connectivity index (χ2n) is 9.06. The van der Waals surface area contributed by atoms with Crippen LogP contribution in [0.4, 0.5) is 20.6 Å². The summed E-state index contributed by atoms with van der Waals surface area (Å²) in [6.07, 6.45) is -1.56. The van der Waals surface area contributed by atoms with E-state index < -0.39 is 39.2 Å². The third kappa shape index (κ3) is 5.31. The van der Waals surface area contributed by atoms with Crippen molar-refractivity contribution in [2.24, 2.45) is 0 Å². The van der Waals surface area contributed by atoms with Crippen LogP contribution >= 0.6 is 0 Å². The van der Waals surface area contributed by atoms with Gasteiger partial charge in [-0.25, -0.2) is 17.6 Å². The predicted octanol–water partition coefficient (Wildman–Crippen LogP) is 3.90. The van der Waals surface area contributed by atoms with E-state index in [4.69, 9.17) is 9.47 Å². The molecule has 0 saturated heterocycles. The molecule has 174 valence electrons. The average Bonchev–Trinajstić information content (AvgIpc) is 2.65. The molecule has 1 aliphatic heterocycles. The van der Waals surface area contributed by atoms with E-state index in [-0.39, 0.29) is 22.9 Å². The summed E-state index contributed by atoms with van der Waals surface area (Å²) in [5.41, 5.74) is -1.59. The molecule has 0 fully saturated rings. The summed E-state index contributed by atoms with van der Waals surface area (Å²) in [5, 5.41) is 13.0. The van der Waals surface area contributed by atoms with E-state index in [1.807, 2.05) is 0 Å². The Bertz CT molecular complexity index is 1100. The highest BCUT2D eigenvalue weighted by atomic mass is 32.2. The Hall–Kier alpha value is -2.85. The van der Waals surface area contributed by atoms with E-state index >= 15 is 0 Å². The van der Waals surface area contributed by atoms with Crippen molar-refractivity contribution in [1.82, 2.24) is 0 Å². The molecular weight excluding hydrogens is 439 g/mol. The van der Waals surface area contributed by atoms with Gasteiger partial charge in [0.2, 0.25) is 0 Å². The zero-order valence-electron chi connectivity index (χ0n) is 18.5. The number of rotatable bonds is 4. The maximum Gasteiger partial charge on any atom is 0.412 e. The van der Waals surface area contributed by atoms with E-state index in [0.29, 0.717) is 5.69 Å². The number of amides is 1. The molecule has 1 aliphatic rings. The number of carbonyl (C=O) groups excluding carboxylic acids is 1. The van der Waals surface area contributed by atoms with Crippen LogP contribution in [0.5, 0.6) is 5.75 Å². The summed E-state index contributed by atoms with van der Waals surface area (Å²) in [7, 11) is -4.13. The summed E-state index contributed by atoms with van der Waals surface area (Å²) in [5.74, 6) is -0.353. The highest BCUT2D eigenvalue weighted by Gasteiger charge is 2.40. The van der Waals surface area contributed by atoms with Gasteiger partial charge in [-0.3, -0.25) is 9.62 Å². The van der Waals surface area contributed by atoms with Crippen LogP contribution in [0, 0.1) is 5.82 Å². The van der Waals surface area contributed by atoms with Gasteiger partial charge in [-0.05, 0) is 77.1 Å². The number of ether oxygens (including phenoxy) is 2. The second kappa shape index (κ2) is 8.25. The highest BCUT2D eigenvalue weighted by molar-refractivity contribution is 7.92. The molecule has 0 aliphatic carbocycles. The Kier molecular flexibility index (Phi) is 6.14. The summed E-state index contributed by atoms with van der Waals surface area (Å²) < 4.78 is 52.4. The zero-order valence-corrected chi connectivity index (χ0v) is 19.4. The van der Waals surface area contributed by atoms with Gasteiger partial charge in [0.25, 0.3) is 10.0 Å². The van der Waals surface area contributed by atoms with Crippen molar-refractivity contribution in [2.45, 2.75) is 56.8 Å². The molecule has 1 atom stereocenters. The monoisotopic (exact) mass is 466 g/mol. The van der Waals surface area contributed by atoms with Crippen LogP contribution in [-0.4, -0.2) is 43.5 Å². The summed E-state index contributed by atoms with van der Waals surface area (Å²) in [6.45, 7) is 8.02. The minimum Gasteiger partial charge on any atom is -0.483 e. The zero-order chi connectivity index (χ0) is 23.9. The Balaban J connectivity index is 2.03. The molecule has 0 bridgehead atoms. The second-order valence-corrected chi connectivity index (χ2v) is 10.9. The quantitative estimate of drug-likeness (QED) is 0.708. The van der Waals surface area contributed by atoms with Crippen LogP contribution in [0.1, 0.15) is 34.6 Å². The summed E-state index contributed by atoms with van der Waals surface area (Å²) in [6, 6.07) is 8.94. The SMILES string of the molecule is CC(C)(C)OC(=O)Nc1ccc2c(c1)N(S(=O)(=O)c1ccc(F)cc1)CC(C(C)(C)O)O2. The molecule has 8 nitrogen and oxygen atoms in total. The van der Waals surface area contributed by atoms with Crippen LogP contribution in [-0.2, 0) is 14.8 Å². The number of halogens is 1. The van der Waals surface area contributed by atoms with E-state index in [1.165, 1.54) is 44.2 Å². The van der Waals surface area contributed by atoms with E-state index in [0.717, 1.165) is 16.4 Å². The first-order valence-corrected chi connectivity index (χ1v) is 11.4. The molecule has 1 unspecified atom stereocenters. The lowest BCUT2D eigenvalue weighted by molar-refractivity contribution is -0.0313. The van der Waals surface area contributed by atoms with Gasteiger partial charge < -0.3 is 14.6 Å². The average molecular weight is 467 g/mol. The highest BCUT2D eigenvalue weighted by Crippen LogP contribution is 2.40. The Morgan fingerprint density at radius 3 is 2.34 bits per heavy atom. The van der Waals surface area contributed by atoms with Gasteiger partial charge in [0.1, 0.15) is 23.3 Å². The number of aliphatic hydroxyl groups is 1. The number of nitrogens with zero attached hydrogens (tertiary/aromatic N) is 1. The first kappa shape index (κ1) is 23.8. The number of sulfonamides is 1. The van der Waals surface area contributed by atoms with Crippen LogP contribution in [0.15, 0.2) is 47.4 Å². The van der Waals surface area contributed by atoms with Crippen molar-refractivity contribution in [2.75, 3.05) is 16.2 Å². The van der Waals surface area contributed by atoms with Crippen molar-refractivity contribution in [3.63, 3.8) is 0 Å². The Morgan fingerprint density at radius 2 is 1.78 bits per heavy atom. The Labute approximate surface area is 187 Å². The van der Waals surface area contributed by atoms with Gasteiger partial charge in [-0.15, -0.1) is 0 Å². The lowest BCUT2D eigenvalue weighted by Crippen LogP contribution is -2.52. The first-order chi connectivity index (χ1) is 14.7. The van der Waals surface area contributed by atoms with Gasteiger partial charge in [-0.1, -0.05) is 0 Å². The number of fused-ring (bicyclic) bond motifs is 1. The van der Waals surface area contributed by atoms with Crippen molar-refractivity contribution in [3.8, 4) is 5.75 Å². The molecule has 1 amide bonds. The fourth-order valence-corrected chi connectivity index (χ4v) is 4.55. The molecule has 0 aromatic heterocycles. The molecule has 0 radical (unpaired) electrons. The molecule has 0 spiro atoms. The smallest absolute Gasteiger partial charge is 0.412 e. The summed E-state index contributed by atoms with van der Waals surface area (Å²) in [4.78, 5) is 12.0. The number of anilines is 2. The number of nitrogens with one attached hydrogen (secondary N) is 1. The van der Waals surface area contributed by atoms with Gasteiger partial charge in [0.15, 0.2) is 0 Å². The number of hydrogen-bond acceptors (Lipinski definition) is 6. The summed E-state index contributed by atoms with van der Waals surface area (Å²) >= 11 is 0. The van der Waals surface area contributed by atoms with E-state index in [9.17, 15) is 22.7 Å². The van der Waals surface area contributed by atoms with Crippen molar-refractivity contribution in [1.29, 1.82) is 0 Å². The Morgan fingerprint density at radius 1 is 1.16 bits per heavy atom. The minimum absolute atomic E-state index is 0.119. The molecule has 3 rings (SSSR count). The van der Waals surface area contributed by atoms with Crippen LogP contribution < -0.4 is 14.4 Å². The maximum atomic E-state index is 13.4. The van der Waals surface area contributed by atoms with Gasteiger partial charge in [0.05, 0.1) is 22.7 Å². The van der Waals surface area contributed by atoms with Gasteiger partial charge >= 0.3 is 6.09 Å². The van der Waals surface area contributed by atoms with Crippen LogP contribution in [0.2, 0.25) is 0 Å². The van der Waals surface area contributed by atoms with Crippen molar-refractivity contribution in [3.05, 3.63) is 48.3 Å². The van der Waals surface area contributed by atoms with Gasteiger partial charge in [-0.2, -0.15) is 0 Å². The third-order valence-electron chi connectivity index (χ3n) is 4.66. The van der Waals surface area contributed by atoms with Crippen molar-refractivity contribution < 1.29 is 32.2 Å².